The minimum atomic E-state index is 0.295. The van der Waals surface area contributed by atoms with Crippen LogP contribution in [-0.2, 0) is 4.79 Å². The SMILES string of the molecule is CN(CCN1CCCC1)C(=O)CC1CCCN1. The molecule has 0 aromatic heterocycles. The predicted octanol–water partition coefficient (Wildman–Crippen LogP) is 0.683. The third-order valence-electron chi connectivity index (χ3n) is 3.96. The van der Waals surface area contributed by atoms with Gasteiger partial charge in [0.2, 0.25) is 5.91 Å². The predicted molar refractivity (Wildman–Crippen MR) is 69.0 cm³/mol. The summed E-state index contributed by atoms with van der Waals surface area (Å²) in [4.78, 5) is 16.3. The van der Waals surface area contributed by atoms with Crippen molar-refractivity contribution >= 4 is 5.91 Å². The Balaban J connectivity index is 1.63. The normalized spacial score (nSPS) is 25.4. The first kappa shape index (κ1) is 12.8. The summed E-state index contributed by atoms with van der Waals surface area (Å²) < 4.78 is 0. The van der Waals surface area contributed by atoms with Crippen molar-refractivity contribution in [2.75, 3.05) is 39.8 Å². The number of likely N-dealkylation sites (N-methyl/N-ethyl adjacent to an activating group) is 1. The molecule has 0 radical (unpaired) electrons. The van der Waals surface area contributed by atoms with Gasteiger partial charge in [-0.3, -0.25) is 4.79 Å². The van der Waals surface area contributed by atoms with Crippen LogP contribution >= 0.6 is 0 Å². The molecule has 0 bridgehead atoms. The van der Waals surface area contributed by atoms with Gasteiger partial charge in [-0.1, -0.05) is 0 Å². The minimum Gasteiger partial charge on any atom is -0.344 e. The maximum Gasteiger partial charge on any atom is 0.223 e. The Bertz CT molecular complexity index is 245. The standard InChI is InChI=1S/C13H25N3O/c1-15(9-10-16-7-2-3-8-16)13(17)11-12-5-4-6-14-12/h12,14H,2-11H2,1H3. The summed E-state index contributed by atoms with van der Waals surface area (Å²) in [5.74, 6) is 0.295. The number of nitrogens with zero attached hydrogens (tertiary/aromatic N) is 2. The van der Waals surface area contributed by atoms with Crippen LogP contribution in [-0.4, -0.2) is 61.5 Å². The molecule has 2 saturated heterocycles. The molecule has 2 rings (SSSR count). The molecule has 0 aromatic rings. The molecule has 2 aliphatic heterocycles. The summed E-state index contributed by atoms with van der Waals surface area (Å²) in [7, 11) is 1.94. The Hall–Kier alpha value is -0.610. The van der Waals surface area contributed by atoms with Crippen LogP contribution in [0.25, 0.3) is 0 Å². The Labute approximate surface area is 104 Å². The molecule has 0 aromatic carbocycles. The third kappa shape index (κ3) is 3.96. The van der Waals surface area contributed by atoms with Crippen LogP contribution in [0.5, 0.6) is 0 Å². The Kier molecular flexibility index (Phi) is 4.80. The number of amides is 1. The number of hydrogen-bond acceptors (Lipinski definition) is 3. The van der Waals surface area contributed by atoms with Gasteiger partial charge in [-0.15, -0.1) is 0 Å². The highest BCUT2D eigenvalue weighted by Gasteiger charge is 2.20. The van der Waals surface area contributed by atoms with Gasteiger partial charge in [-0.05, 0) is 45.3 Å². The highest BCUT2D eigenvalue weighted by atomic mass is 16.2. The van der Waals surface area contributed by atoms with Crippen LogP contribution in [0.4, 0.5) is 0 Å². The molecule has 1 amide bonds. The number of likely N-dealkylation sites (tertiary alicyclic amines) is 1. The third-order valence-corrected chi connectivity index (χ3v) is 3.96. The highest BCUT2D eigenvalue weighted by Crippen LogP contribution is 2.10. The van der Waals surface area contributed by atoms with Gasteiger partial charge < -0.3 is 15.1 Å². The molecule has 0 aliphatic carbocycles. The maximum absolute atomic E-state index is 12.0. The van der Waals surface area contributed by atoms with Gasteiger partial charge in [0.1, 0.15) is 0 Å². The molecule has 2 fully saturated rings. The second kappa shape index (κ2) is 6.36. The average molecular weight is 239 g/mol. The summed E-state index contributed by atoms with van der Waals surface area (Å²) in [6, 6.07) is 0.428. The Morgan fingerprint density at radius 1 is 1.35 bits per heavy atom. The molecule has 4 heteroatoms. The Morgan fingerprint density at radius 3 is 2.76 bits per heavy atom. The lowest BCUT2D eigenvalue weighted by atomic mass is 10.1. The highest BCUT2D eigenvalue weighted by molar-refractivity contribution is 5.76. The summed E-state index contributed by atoms with van der Waals surface area (Å²) >= 11 is 0. The van der Waals surface area contributed by atoms with E-state index < -0.39 is 0 Å². The first-order valence-corrected chi connectivity index (χ1v) is 6.95. The van der Waals surface area contributed by atoms with Crippen LogP contribution in [0.3, 0.4) is 0 Å². The van der Waals surface area contributed by atoms with Gasteiger partial charge in [0.25, 0.3) is 0 Å². The van der Waals surface area contributed by atoms with Gasteiger partial charge in [0.15, 0.2) is 0 Å². The van der Waals surface area contributed by atoms with Crippen molar-refractivity contribution in [3.8, 4) is 0 Å². The van der Waals surface area contributed by atoms with Gasteiger partial charge in [-0.2, -0.15) is 0 Å². The zero-order valence-corrected chi connectivity index (χ0v) is 11.0. The minimum absolute atomic E-state index is 0.295. The van der Waals surface area contributed by atoms with Crippen molar-refractivity contribution < 1.29 is 4.79 Å². The lowest BCUT2D eigenvalue weighted by Crippen LogP contribution is -2.38. The molecule has 17 heavy (non-hydrogen) atoms. The number of rotatable bonds is 5. The summed E-state index contributed by atoms with van der Waals surface area (Å²) in [6.07, 6.45) is 5.70. The van der Waals surface area contributed by atoms with E-state index in [2.05, 4.69) is 10.2 Å². The number of hydrogen-bond donors (Lipinski definition) is 1. The second-order valence-corrected chi connectivity index (χ2v) is 5.36. The lowest BCUT2D eigenvalue weighted by Gasteiger charge is -2.22. The topological polar surface area (TPSA) is 35.6 Å². The number of carbonyl (C=O) groups excluding carboxylic acids is 1. The van der Waals surface area contributed by atoms with E-state index in [-0.39, 0.29) is 0 Å². The zero-order chi connectivity index (χ0) is 12.1. The Morgan fingerprint density at radius 2 is 2.12 bits per heavy atom. The first-order valence-electron chi connectivity index (χ1n) is 6.95. The lowest BCUT2D eigenvalue weighted by molar-refractivity contribution is -0.130. The second-order valence-electron chi connectivity index (χ2n) is 5.36. The fourth-order valence-electron chi connectivity index (χ4n) is 2.72. The summed E-state index contributed by atoms with van der Waals surface area (Å²) in [5.41, 5.74) is 0. The maximum atomic E-state index is 12.0. The molecule has 2 aliphatic rings. The van der Waals surface area contributed by atoms with E-state index >= 15 is 0 Å². The molecule has 1 atom stereocenters. The van der Waals surface area contributed by atoms with E-state index in [4.69, 9.17) is 0 Å². The average Bonchev–Trinajstić information content (AvgIpc) is 2.98. The van der Waals surface area contributed by atoms with Crippen molar-refractivity contribution in [3.05, 3.63) is 0 Å². The van der Waals surface area contributed by atoms with E-state index in [9.17, 15) is 4.79 Å². The van der Waals surface area contributed by atoms with Crippen LogP contribution < -0.4 is 5.32 Å². The van der Waals surface area contributed by atoms with Crippen molar-refractivity contribution in [1.82, 2.24) is 15.1 Å². The zero-order valence-electron chi connectivity index (χ0n) is 11.0. The quantitative estimate of drug-likeness (QED) is 0.766. The number of carbonyl (C=O) groups is 1. The van der Waals surface area contributed by atoms with Crippen molar-refractivity contribution in [3.63, 3.8) is 0 Å². The fourth-order valence-corrected chi connectivity index (χ4v) is 2.72. The molecule has 1 unspecified atom stereocenters. The molecule has 4 nitrogen and oxygen atoms in total. The molecule has 98 valence electrons. The van der Waals surface area contributed by atoms with Crippen molar-refractivity contribution in [2.45, 2.75) is 38.1 Å². The van der Waals surface area contributed by atoms with Crippen molar-refractivity contribution in [1.29, 1.82) is 0 Å². The monoisotopic (exact) mass is 239 g/mol. The van der Waals surface area contributed by atoms with E-state index in [0.717, 1.165) is 26.1 Å². The van der Waals surface area contributed by atoms with E-state index in [1.807, 2.05) is 11.9 Å². The van der Waals surface area contributed by atoms with Crippen LogP contribution in [0.15, 0.2) is 0 Å². The van der Waals surface area contributed by atoms with E-state index in [0.29, 0.717) is 18.4 Å². The molecule has 0 saturated carbocycles. The molecule has 0 spiro atoms. The number of nitrogens with one attached hydrogen (secondary N) is 1. The van der Waals surface area contributed by atoms with Crippen LogP contribution in [0, 0.1) is 0 Å². The van der Waals surface area contributed by atoms with E-state index in [1.54, 1.807) is 0 Å². The van der Waals surface area contributed by atoms with Gasteiger partial charge in [-0.25, -0.2) is 0 Å². The van der Waals surface area contributed by atoms with Crippen LogP contribution in [0.2, 0.25) is 0 Å². The first-order chi connectivity index (χ1) is 8.25. The van der Waals surface area contributed by atoms with Gasteiger partial charge in [0, 0.05) is 32.6 Å². The van der Waals surface area contributed by atoms with Gasteiger partial charge >= 0.3 is 0 Å². The molecule has 1 N–H and O–H groups in total. The van der Waals surface area contributed by atoms with Crippen molar-refractivity contribution in [2.24, 2.45) is 0 Å². The largest absolute Gasteiger partial charge is 0.344 e. The molecular formula is C13H25N3O. The fraction of sp³-hybridized carbons (Fsp3) is 0.923. The molecule has 2 heterocycles. The van der Waals surface area contributed by atoms with E-state index in [1.165, 1.54) is 32.4 Å². The van der Waals surface area contributed by atoms with Gasteiger partial charge in [0.05, 0.1) is 0 Å². The molecular weight excluding hydrogens is 214 g/mol. The smallest absolute Gasteiger partial charge is 0.223 e. The summed E-state index contributed by atoms with van der Waals surface area (Å²) in [6.45, 7) is 5.43. The summed E-state index contributed by atoms with van der Waals surface area (Å²) in [5, 5.41) is 3.38. The van der Waals surface area contributed by atoms with Crippen LogP contribution in [0.1, 0.15) is 32.1 Å².